The van der Waals surface area contributed by atoms with Gasteiger partial charge in [-0.05, 0) is 73.7 Å². The number of halogens is 1. The van der Waals surface area contributed by atoms with Crippen LogP contribution in [0.4, 0.5) is 11.4 Å². The zero-order valence-corrected chi connectivity index (χ0v) is 20.5. The maximum absolute atomic E-state index is 12.8. The van der Waals surface area contributed by atoms with Crippen LogP contribution >= 0.6 is 11.6 Å². The minimum absolute atomic E-state index is 0.0179. The van der Waals surface area contributed by atoms with Crippen molar-refractivity contribution in [2.45, 2.75) is 25.7 Å². The van der Waals surface area contributed by atoms with E-state index < -0.39 is 0 Å². The third kappa shape index (κ3) is 5.17. The van der Waals surface area contributed by atoms with E-state index in [1.807, 2.05) is 48.2 Å². The lowest BCUT2D eigenvalue weighted by atomic mass is 9.89. The molecule has 0 saturated carbocycles. The lowest BCUT2D eigenvalue weighted by molar-refractivity contribution is -0.120. The van der Waals surface area contributed by atoms with E-state index in [1.54, 1.807) is 18.3 Å². The summed E-state index contributed by atoms with van der Waals surface area (Å²) < 4.78 is 0. The number of carbonyl (C=O) groups is 2. The Morgan fingerprint density at radius 3 is 2.43 bits per heavy atom. The molecule has 2 amide bonds. The first-order valence-electron chi connectivity index (χ1n) is 12.1. The van der Waals surface area contributed by atoms with Gasteiger partial charge in [0.05, 0.1) is 17.3 Å². The second-order valence-electron chi connectivity index (χ2n) is 9.40. The summed E-state index contributed by atoms with van der Waals surface area (Å²) in [6, 6.07) is 19.3. The van der Waals surface area contributed by atoms with Gasteiger partial charge in [0.15, 0.2) is 0 Å². The summed E-state index contributed by atoms with van der Waals surface area (Å²) in [4.78, 5) is 33.9. The number of nitrogens with zero attached hydrogens (tertiary/aromatic N) is 3. The van der Waals surface area contributed by atoms with Crippen molar-refractivity contribution in [1.29, 1.82) is 0 Å². The average molecular weight is 489 g/mol. The minimum Gasteiger partial charge on any atom is -0.368 e. The first-order chi connectivity index (χ1) is 17.0. The number of hydrogen-bond donors (Lipinski definition) is 1. The summed E-state index contributed by atoms with van der Waals surface area (Å²) in [6.07, 6.45) is 3.63. The quantitative estimate of drug-likeness (QED) is 0.540. The smallest absolute Gasteiger partial charge is 0.253 e. The second kappa shape index (κ2) is 10.1. The number of pyridine rings is 1. The largest absolute Gasteiger partial charge is 0.368 e. The van der Waals surface area contributed by atoms with Gasteiger partial charge in [-0.15, -0.1) is 0 Å². The Morgan fingerprint density at radius 1 is 1.00 bits per heavy atom. The highest BCUT2D eigenvalue weighted by molar-refractivity contribution is 6.30. The van der Waals surface area contributed by atoms with Crippen LogP contribution in [-0.2, 0) is 4.79 Å². The molecule has 2 saturated heterocycles. The average Bonchev–Trinajstić information content (AvgIpc) is 2.84. The first-order valence-corrected chi connectivity index (χ1v) is 12.5. The molecular weight excluding hydrogens is 460 g/mol. The van der Waals surface area contributed by atoms with E-state index in [9.17, 15) is 9.59 Å². The van der Waals surface area contributed by atoms with E-state index >= 15 is 0 Å². The number of hydrogen-bond acceptors (Lipinski definition) is 4. The van der Waals surface area contributed by atoms with Crippen LogP contribution in [0.5, 0.6) is 0 Å². The molecule has 0 atom stereocenters. The summed E-state index contributed by atoms with van der Waals surface area (Å²) in [5, 5.41) is 3.64. The zero-order chi connectivity index (χ0) is 24.4. The van der Waals surface area contributed by atoms with Crippen molar-refractivity contribution in [3.05, 3.63) is 88.7 Å². The number of aryl methyl sites for hydroxylation is 1. The molecule has 0 bridgehead atoms. The summed E-state index contributed by atoms with van der Waals surface area (Å²) in [6.45, 7) is 4.86. The molecule has 1 N–H and O–H groups in total. The number of benzene rings is 2. The lowest BCUT2D eigenvalue weighted by Crippen LogP contribution is -2.52. The Hall–Kier alpha value is -3.38. The third-order valence-electron chi connectivity index (χ3n) is 7.08. The predicted molar refractivity (Wildman–Crippen MR) is 139 cm³/mol. The highest BCUT2D eigenvalue weighted by Crippen LogP contribution is 2.31. The molecule has 2 aromatic carbocycles. The number of rotatable bonds is 5. The fourth-order valence-corrected chi connectivity index (χ4v) is 5.14. The Labute approximate surface area is 210 Å². The van der Waals surface area contributed by atoms with Crippen molar-refractivity contribution >= 4 is 34.8 Å². The van der Waals surface area contributed by atoms with Gasteiger partial charge in [-0.1, -0.05) is 29.8 Å². The minimum atomic E-state index is -0.0179. The highest BCUT2D eigenvalue weighted by Gasteiger charge is 2.33. The molecule has 0 aliphatic carbocycles. The maximum atomic E-state index is 12.8. The Morgan fingerprint density at radius 2 is 1.74 bits per heavy atom. The summed E-state index contributed by atoms with van der Waals surface area (Å²) in [5.41, 5.74) is 4.80. The van der Waals surface area contributed by atoms with E-state index in [4.69, 9.17) is 11.6 Å². The number of anilines is 2. The van der Waals surface area contributed by atoms with Gasteiger partial charge >= 0.3 is 0 Å². The van der Waals surface area contributed by atoms with Gasteiger partial charge in [0.25, 0.3) is 5.91 Å². The van der Waals surface area contributed by atoms with Crippen molar-refractivity contribution in [2.75, 3.05) is 36.4 Å². The van der Waals surface area contributed by atoms with E-state index in [0.717, 1.165) is 43.0 Å². The molecule has 0 spiro atoms. The van der Waals surface area contributed by atoms with Gasteiger partial charge in [0, 0.05) is 48.6 Å². The van der Waals surface area contributed by atoms with Crippen molar-refractivity contribution in [3.8, 4) is 0 Å². The van der Waals surface area contributed by atoms with Gasteiger partial charge < -0.3 is 15.1 Å². The van der Waals surface area contributed by atoms with Crippen LogP contribution in [0.2, 0.25) is 5.02 Å². The fraction of sp³-hybridized carbons (Fsp3) is 0.321. The topological polar surface area (TPSA) is 65.5 Å². The van der Waals surface area contributed by atoms with Crippen molar-refractivity contribution in [3.63, 3.8) is 0 Å². The molecule has 6 nitrogen and oxygen atoms in total. The molecule has 35 heavy (non-hydrogen) atoms. The van der Waals surface area contributed by atoms with Crippen LogP contribution in [0.25, 0.3) is 0 Å². The van der Waals surface area contributed by atoms with Crippen molar-refractivity contribution < 1.29 is 9.59 Å². The molecule has 2 aliphatic rings. The number of nitrogens with one attached hydrogen (secondary N) is 1. The molecule has 3 aromatic rings. The molecule has 7 heteroatoms. The lowest BCUT2D eigenvalue weighted by Gasteiger charge is -2.40. The van der Waals surface area contributed by atoms with Gasteiger partial charge in [-0.25, -0.2) is 0 Å². The number of amides is 2. The summed E-state index contributed by atoms with van der Waals surface area (Å²) in [5.74, 6) is 0.488. The monoisotopic (exact) mass is 488 g/mol. The summed E-state index contributed by atoms with van der Waals surface area (Å²) in [7, 11) is 0. The summed E-state index contributed by atoms with van der Waals surface area (Å²) >= 11 is 6.04. The zero-order valence-electron chi connectivity index (χ0n) is 19.8. The van der Waals surface area contributed by atoms with E-state index in [1.165, 1.54) is 5.56 Å². The van der Waals surface area contributed by atoms with E-state index in [0.29, 0.717) is 29.6 Å². The molecule has 1 aromatic heterocycles. The molecule has 0 unspecified atom stereocenters. The number of piperidine rings is 1. The van der Waals surface area contributed by atoms with E-state index in [2.05, 4.69) is 27.3 Å². The Balaban J connectivity index is 1.11. The number of likely N-dealkylation sites (tertiary alicyclic amines) is 1. The number of carbonyl (C=O) groups excluding carboxylic acids is 2. The Bertz CT molecular complexity index is 1220. The van der Waals surface area contributed by atoms with Crippen LogP contribution in [0.15, 0.2) is 66.9 Å². The van der Waals surface area contributed by atoms with Gasteiger partial charge in [-0.3, -0.25) is 14.6 Å². The van der Waals surface area contributed by atoms with Crippen molar-refractivity contribution in [2.24, 2.45) is 5.92 Å². The maximum Gasteiger partial charge on any atom is 0.253 e. The molecule has 2 aliphatic heterocycles. The first kappa shape index (κ1) is 23.4. The molecule has 3 heterocycles. The highest BCUT2D eigenvalue weighted by atomic mass is 35.5. The second-order valence-corrected chi connectivity index (χ2v) is 9.83. The van der Waals surface area contributed by atoms with Crippen LogP contribution in [-0.4, -0.2) is 47.9 Å². The molecule has 0 radical (unpaired) electrons. The molecule has 5 rings (SSSR count). The number of aromatic nitrogens is 1. The standard InChI is InChI=1S/C28H29ClN4O2/c1-19-26(6-3-13-30-19)33-17-23(18-33)27(34)31-25-9-7-20(8-10-25)21-11-14-32(15-12-21)28(35)22-4-2-5-24(29)16-22/h2-10,13,16,21,23H,11-12,14-15,17-18H2,1H3,(H,31,34). The fourth-order valence-electron chi connectivity index (χ4n) is 4.95. The van der Waals surface area contributed by atoms with Crippen LogP contribution in [0.1, 0.15) is 40.4 Å². The SMILES string of the molecule is Cc1ncccc1N1CC(C(=O)Nc2ccc(C3CCN(C(=O)c4cccc(Cl)c4)CC3)cc2)C1. The molecule has 180 valence electrons. The normalized spacial score (nSPS) is 16.6. The molecule has 2 fully saturated rings. The van der Waals surface area contributed by atoms with Crippen LogP contribution < -0.4 is 10.2 Å². The third-order valence-corrected chi connectivity index (χ3v) is 7.31. The van der Waals surface area contributed by atoms with Crippen LogP contribution in [0, 0.1) is 12.8 Å². The van der Waals surface area contributed by atoms with Crippen LogP contribution in [0.3, 0.4) is 0 Å². The Kier molecular flexibility index (Phi) is 6.73. The predicted octanol–water partition coefficient (Wildman–Crippen LogP) is 5.14. The van der Waals surface area contributed by atoms with Gasteiger partial charge in [0.1, 0.15) is 0 Å². The van der Waals surface area contributed by atoms with Crippen molar-refractivity contribution in [1.82, 2.24) is 9.88 Å². The van der Waals surface area contributed by atoms with Gasteiger partial charge in [-0.2, -0.15) is 0 Å². The molecular formula is C28H29ClN4O2. The van der Waals surface area contributed by atoms with Gasteiger partial charge in [0.2, 0.25) is 5.91 Å². The van der Waals surface area contributed by atoms with E-state index in [-0.39, 0.29) is 17.7 Å².